The molecule has 0 bridgehead atoms. The van der Waals surface area contributed by atoms with Gasteiger partial charge in [-0.3, -0.25) is 9.59 Å². The Labute approximate surface area is 212 Å². The zero-order chi connectivity index (χ0) is 26.2. The van der Waals surface area contributed by atoms with Crippen molar-refractivity contribution in [1.82, 2.24) is 25.5 Å². The first-order valence-electron chi connectivity index (χ1n) is 12.1. The molecule has 11 nitrogen and oxygen atoms in total. The Morgan fingerprint density at radius 3 is 2.72 bits per heavy atom. The Morgan fingerprint density at radius 2 is 2.03 bits per heavy atom. The summed E-state index contributed by atoms with van der Waals surface area (Å²) in [6.45, 7) is 6.40. The van der Waals surface area contributed by atoms with Crippen LogP contribution in [0.4, 0.5) is 11.6 Å². The van der Waals surface area contributed by atoms with Crippen molar-refractivity contribution in [2.75, 3.05) is 58.2 Å². The van der Waals surface area contributed by atoms with Crippen molar-refractivity contribution in [2.45, 2.75) is 26.2 Å². The SMILES string of the molecule is CCNCCOc1cc(Nc2nc(C=O)c(CCN(C)CCNC=O)cc2CCCN)ncc1C#N. The summed E-state index contributed by atoms with van der Waals surface area (Å²) in [6.07, 6.45) is 4.95. The normalized spacial score (nSPS) is 10.6. The predicted octanol–water partition coefficient (Wildman–Crippen LogP) is 1.00. The van der Waals surface area contributed by atoms with Crippen LogP contribution in [0.3, 0.4) is 0 Å². The van der Waals surface area contributed by atoms with Crippen LogP contribution in [-0.4, -0.2) is 80.5 Å². The highest BCUT2D eigenvalue weighted by molar-refractivity contribution is 5.76. The molecule has 0 atom stereocenters. The zero-order valence-electron chi connectivity index (χ0n) is 21.0. The Bertz CT molecular complexity index is 1030. The molecule has 0 unspecified atom stereocenters. The molecule has 5 N–H and O–H groups in total. The lowest BCUT2D eigenvalue weighted by molar-refractivity contribution is -0.109. The van der Waals surface area contributed by atoms with Gasteiger partial charge in [0.25, 0.3) is 0 Å². The number of amides is 1. The van der Waals surface area contributed by atoms with Crippen molar-refractivity contribution in [1.29, 1.82) is 5.26 Å². The topological polar surface area (TPSA) is 158 Å². The number of hydrogen-bond acceptors (Lipinski definition) is 10. The minimum Gasteiger partial charge on any atom is -0.491 e. The molecule has 2 aromatic heterocycles. The van der Waals surface area contributed by atoms with E-state index in [0.29, 0.717) is 87.2 Å². The lowest BCUT2D eigenvalue weighted by atomic mass is 10.0. The van der Waals surface area contributed by atoms with Gasteiger partial charge in [0.05, 0.1) is 6.20 Å². The second kappa shape index (κ2) is 16.1. The molecule has 2 rings (SSSR count). The molecule has 0 aromatic carbocycles. The first kappa shape index (κ1) is 28.6. The third kappa shape index (κ3) is 9.22. The quantitative estimate of drug-likeness (QED) is 0.173. The average molecular weight is 497 g/mol. The van der Waals surface area contributed by atoms with Crippen LogP contribution in [0.1, 0.15) is 40.5 Å². The van der Waals surface area contributed by atoms with Crippen LogP contribution in [0.2, 0.25) is 0 Å². The van der Waals surface area contributed by atoms with E-state index >= 15 is 0 Å². The van der Waals surface area contributed by atoms with E-state index in [-0.39, 0.29) is 0 Å². The van der Waals surface area contributed by atoms with Crippen LogP contribution in [0, 0.1) is 11.3 Å². The number of nitriles is 1. The number of pyridine rings is 2. The van der Waals surface area contributed by atoms with Gasteiger partial charge in [0.1, 0.15) is 41.3 Å². The van der Waals surface area contributed by atoms with Gasteiger partial charge >= 0.3 is 0 Å². The van der Waals surface area contributed by atoms with E-state index in [1.54, 1.807) is 6.07 Å². The van der Waals surface area contributed by atoms with Crippen molar-refractivity contribution in [3.63, 3.8) is 0 Å². The van der Waals surface area contributed by atoms with Gasteiger partial charge in [-0.05, 0) is 56.6 Å². The van der Waals surface area contributed by atoms with Crippen LogP contribution in [0.15, 0.2) is 18.3 Å². The number of aryl methyl sites for hydroxylation is 1. The van der Waals surface area contributed by atoms with Crippen LogP contribution in [0.5, 0.6) is 5.75 Å². The number of aldehydes is 1. The maximum atomic E-state index is 11.9. The molecule has 11 heteroatoms. The third-order valence-corrected chi connectivity index (χ3v) is 5.48. The molecule has 36 heavy (non-hydrogen) atoms. The Kier molecular flexibility index (Phi) is 12.9. The summed E-state index contributed by atoms with van der Waals surface area (Å²) in [6, 6.07) is 5.75. The molecule has 0 aliphatic heterocycles. The molecule has 0 saturated heterocycles. The molecule has 0 saturated carbocycles. The van der Waals surface area contributed by atoms with Gasteiger partial charge < -0.3 is 31.3 Å². The van der Waals surface area contributed by atoms with Crippen LogP contribution in [0.25, 0.3) is 0 Å². The van der Waals surface area contributed by atoms with E-state index in [2.05, 4.69) is 36.9 Å². The first-order chi connectivity index (χ1) is 17.6. The van der Waals surface area contributed by atoms with Crippen LogP contribution < -0.4 is 26.4 Å². The molecular weight excluding hydrogens is 460 g/mol. The number of nitrogens with zero attached hydrogens (tertiary/aromatic N) is 4. The highest BCUT2D eigenvalue weighted by atomic mass is 16.5. The van der Waals surface area contributed by atoms with E-state index in [1.807, 2.05) is 20.0 Å². The molecule has 2 aromatic rings. The number of anilines is 2. The van der Waals surface area contributed by atoms with Gasteiger partial charge in [0.15, 0.2) is 6.29 Å². The third-order valence-electron chi connectivity index (χ3n) is 5.48. The van der Waals surface area contributed by atoms with E-state index in [1.165, 1.54) is 6.20 Å². The highest BCUT2D eigenvalue weighted by Crippen LogP contribution is 2.26. The molecule has 0 spiro atoms. The van der Waals surface area contributed by atoms with E-state index in [9.17, 15) is 14.9 Å². The second-order valence-corrected chi connectivity index (χ2v) is 8.18. The van der Waals surface area contributed by atoms with Crippen molar-refractivity contribution in [3.05, 3.63) is 40.7 Å². The number of nitrogens with one attached hydrogen (secondary N) is 3. The summed E-state index contributed by atoms with van der Waals surface area (Å²) in [5.41, 5.74) is 8.21. The molecule has 194 valence electrons. The molecule has 0 fully saturated rings. The molecule has 0 aliphatic carbocycles. The summed E-state index contributed by atoms with van der Waals surface area (Å²) in [7, 11) is 1.96. The highest BCUT2D eigenvalue weighted by Gasteiger charge is 2.14. The number of nitrogens with two attached hydrogens (primary N) is 1. The van der Waals surface area contributed by atoms with Gasteiger partial charge in [-0.1, -0.05) is 6.92 Å². The van der Waals surface area contributed by atoms with Crippen molar-refractivity contribution >= 4 is 24.3 Å². The Balaban J connectivity index is 2.25. The summed E-state index contributed by atoms with van der Waals surface area (Å²) in [5.74, 6) is 1.41. The molecule has 2 heterocycles. The van der Waals surface area contributed by atoms with Crippen molar-refractivity contribution in [3.8, 4) is 11.8 Å². The van der Waals surface area contributed by atoms with Gasteiger partial charge in [-0.15, -0.1) is 0 Å². The minimum atomic E-state index is 0.338. The van der Waals surface area contributed by atoms with Crippen LogP contribution >= 0.6 is 0 Å². The Morgan fingerprint density at radius 1 is 1.19 bits per heavy atom. The summed E-state index contributed by atoms with van der Waals surface area (Å²) >= 11 is 0. The number of likely N-dealkylation sites (N-methyl/N-ethyl adjacent to an activating group) is 2. The van der Waals surface area contributed by atoms with Gasteiger partial charge in [0, 0.05) is 32.2 Å². The smallest absolute Gasteiger partial charge is 0.207 e. The molecule has 0 radical (unpaired) electrons. The van der Waals surface area contributed by atoms with Gasteiger partial charge in [-0.2, -0.15) is 5.26 Å². The zero-order valence-corrected chi connectivity index (χ0v) is 21.0. The monoisotopic (exact) mass is 496 g/mol. The fourth-order valence-corrected chi connectivity index (χ4v) is 3.49. The van der Waals surface area contributed by atoms with Gasteiger partial charge in [0.2, 0.25) is 6.41 Å². The lowest BCUT2D eigenvalue weighted by Gasteiger charge is -2.18. The minimum absolute atomic E-state index is 0.338. The fourth-order valence-electron chi connectivity index (χ4n) is 3.49. The molecule has 1 amide bonds. The first-order valence-corrected chi connectivity index (χ1v) is 12.1. The number of aromatic nitrogens is 2. The number of hydrogen-bond donors (Lipinski definition) is 4. The fraction of sp³-hybridized carbons (Fsp3) is 0.480. The summed E-state index contributed by atoms with van der Waals surface area (Å²) in [5, 5.41) is 18.4. The average Bonchev–Trinajstić information content (AvgIpc) is 2.89. The lowest BCUT2D eigenvalue weighted by Crippen LogP contribution is -2.30. The number of carbonyl (C=O) groups excluding carboxylic acids is 2. The van der Waals surface area contributed by atoms with E-state index in [0.717, 1.165) is 30.4 Å². The van der Waals surface area contributed by atoms with Crippen LogP contribution in [-0.2, 0) is 17.6 Å². The summed E-state index contributed by atoms with van der Waals surface area (Å²) in [4.78, 5) is 33.3. The summed E-state index contributed by atoms with van der Waals surface area (Å²) < 4.78 is 5.77. The van der Waals surface area contributed by atoms with Crippen molar-refractivity contribution in [2.24, 2.45) is 5.73 Å². The molecular formula is C25H36N8O3. The number of rotatable bonds is 18. The predicted molar refractivity (Wildman–Crippen MR) is 139 cm³/mol. The van der Waals surface area contributed by atoms with Crippen molar-refractivity contribution < 1.29 is 14.3 Å². The maximum absolute atomic E-state index is 11.9. The standard InChI is InChI=1S/C25H36N8O3/c1-3-28-9-12-36-23-14-24(30-16-21(23)15-27)32-25-20(5-4-7-26)13-19(22(17-34)31-25)6-10-33(2)11-8-29-18-35/h13-14,16-18,28H,3-12,26H2,1-2H3,(H,29,35)(H,30,31,32). The Hall–Kier alpha value is -3.59. The van der Waals surface area contributed by atoms with E-state index in [4.69, 9.17) is 10.5 Å². The second-order valence-electron chi connectivity index (χ2n) is 8.18. The number of ether oxygens (including phenoxy) is 1. The maximum Gasteiger partial charge on any atom is 0.207 e. The largest absolute Gasteiger partial charge is 0.491 e. The van der Waals surface area contributed by atoms with E-state index < -0.39 is 0 Å². The number of carbonyl (C=O) groups is 2. The molecule has 0 aliphatic rings. The van der Waals surface area contributed by atoms with Gasteiger partial charge in [-0.25, -0.2) is 9.97 Å².